The number of hydrogen-bond acceptors (Lipinski definition) is 4. The van der Waals surface area contributed by atoms with E-state index in [0.717, 1.165) is 0 Å². The highest BCUT2D eigenvalue weighted by atomic mass is 32.2. The summed E-state index contributed by atoms with van der Waals surface area (Å²) in [6.45, 7) is 0. The van der Waals surface area contributed by atoms with Crippen LogP contribution in [0.15, 0.2) is 17.0 Å². The Morgan fingerprint density at radius 3 is 2.50 bits per heavy atom. The molecule has 0 spiro atoms. The Morgan fingerprint density at radius 2 is 2.07 bits per heavy atom. The maximum absolute atomic E-state index is 13.4. The molecule has 1 aromatic carbocycles. The van der Waals surface area contributed by atoms with E-state index in [1.54, 1.807) is 6.26 Å². The summed E-state index contributed by atoms with van der Waals surface area (Å²) >= 11 is 1.18. The van der Waals surface area contributed by atoms with E-state index in [9.17, 15) is 4.39 Å². The average Bonchev–Trinajstić information content (AvgIpc) is 2.17. The van der Waals surface area contributed by atoms with Crippen molar-refractivity contribution < 1.29 is 19.2 Å². The SMILES string of the molecule is COc1cc(SC)c(F)c(B(O)O)c1. The van der Waals surface area contributed by atoms with Crippen molar-refractivity contribution in [2.45, 2.75) is 4.90 Å². The van der Waals surface area contributed by atoms with Crippen molar-refractivity contribution in [3.63, 3.8) is 0 Å². The third kappa shape index (κ3) is 2.20. The molecule has 2 N–H and O–H groups in total. The van der Waals surface area contributed by atoms with Crippen LogP contribution >= 0.6 is 11.8 Å². The summed E-state index contributed by atoms with van der Waals surface area (Å²) in [5.74, 6) is -0.216. The molecule has 0 atom stereocenters. The van der Waals surface area contributed by atoms with Crippen LogP contribution in [0.1, 0.15) is 0 Å². The molecule has 3 nitrogen and oxygen atoms in total. The van der Waals surface area contributed by atoms with Crippen LogP contribution in [0.5, 0.6) is 5.75 Å². The molecule has 1 rings (SSSR count). The third-order valence-electron chi connectivity index (χ3n) is 1.77. The highest BCUT2D eigenvalue weighted by Gasteiger charge is 2.20. The molecular weight excluding hydrogens is 206 g/mol. The zero-order valence-corrected chi connectivity index (χ0v) is 8.64. The fraction of sp³-hybridized carbons (Fsp3) is 0.250. The topological polar surface area (TPSA) is 49.7 Å². The first-order valence-electron chi connectivity index (χ1n) is 3.87. The van der Waals surface area contributed by atoms with Gasteiger partial charge in [-0.05, 0) is 18.4 Å². The van der Waals surface area contributed by atoms with Crippen LogP contribution in [0.25, 0.3) is 0 Å². The molecule has 0 bridgehead atoms. The summed E-state index contributed by atoms with van der Waals surface area (Å²) in [5.41, 5.74) is -0.172. The zero-order chi connectivity index (χ0) is 10.7. The zero-order valence-electron chi connectivity index (χ0n) is 7.82. The lowest BCUT2D eigenvalue weighted by molar-refractivity contribution is 0.407. The third-order valence-corrected chi connectivity index (χ3v) is 2.51. The van der Waals surface area contributed by atoms with E-state index in [4.69, 9.17) is 14.8 Å². The molecule has 0 fully saturated rings. The largest absolute Gasteiger partial charge is 0.497 e. The molecule has 0 unspecified atom stereocenters. The van der Waals surface area contributed by atoms with Crippen LogP contribution in [0.4, 0.5) is 4.39 Å². The molecule has 0 aliphatic rings. The second kappa shape index (κ2) is 4.68. The normalized spacial score (nSPS) is 10.1. The summed E-state index contributed by atoms with van der Waals surface area (Å²) < 4.78 is 18.3. The Hall–Kier alpha value is -0.715. The van der Waals surface area contributed by atoms with Gasteiger partial charge in [0.2, 0.25) is 0 Å². The molecule has 0 heterocycles. The molecule has 76 valence electrons. The summed E-state index contributed by atoms with van der Waals surface area (Å²) in [4.78, 5) is 0.326. The van der Waals surface area contributed by atoms with Gasteiger partial charge in [-0.25, -0.2) is 4.39 Å². The van der Waals surface area contributed by atoms with Crippen LogP contribution in [-0.2, 0) is 0 Å². The molecule has 0 aliphatic heterocycles. The maximum Gasteiger partial charge on any atom is 0.491 e. The first kappa shape index (κ1) is 11.4. The first-order chi connectivity index (χ1) is 6.60. The Kier molecular flexibility index (Phi) is 3.80. The van der Waals surface area contributed by atoms with E-state index in [-0.39, 0.29) is 5.46 Å². The molecule has 0 aliphatic carbocycles. The summed E-state index contributed by atoms with van der Waals surface area (Å²) in [7, 11) is -0.388. The van der Waals surface area contributed by atoms with E-state index in [2.05, 4.69) is 0 Å². The quantitative estimate of drug-likeness (QED) is 0.561. The Labute approximate surface area is 86.0 Å². The molecule has 0 saturated heterocycles. The van der Waals surface area contributed by atoms with Gasteiger partial charge < -0.3 is 14.8 Å². The highest BCUT2D eigenvalue weighted by molar-refractivity contribution is 7.98. The van der Waals surface area contributed by atoms with E-state index in [1.165, 1.54) is 31.0 Å². The summed E-state index contributed by atoms with van der Waals surface area (Å²) in [6, 6.07) is 2.77. The Balaban J connectivity index is 3.27. The van der Waals surface area contributed by atoms with Crippen LogP contribution in [0.3, 0.4) is 0 Å². The van der Waals surface area contributed by atoms with Crippen LogP contribution < -0.4 is 10.2 Å². The van der Waals surface area contributed by atoms with Gasteiger partial charge >= 0.3 is 7.12 Å². The van der Waals surface area contributed by atoms with Crippen LogP contribution in [-0.4, -0.2) is 30.5 Å². The minimum absolute atomic E-state index is 0.172. The van der Waals surface area contributed by atoms with Gasteiger partial charge in [-0.3, -0.25) is 0 Å². The van der Waals surface area contributed by atoms with Crippen molar-refractivity contribution in [1.29, 1.82) is 0 Å². The first-order valence-corrected chi connectivity index (χ1v) is 5.10. The lowest BCUT2D eigenvalue weighted by Crippen LogP contribution is -2.33. The maximum atomic E-state index is 13.4. The Bertz CT molecular complexity index is 333. The van der Waals surface area contributed by atoms with Gasteiger partial charge in [-0.15, -0.1) is 11.8 Å². The van der Waals surface area contributed by atoms with Gasteiger partial charge in [0.15, 0.2) is 0 Å². The number of rotatable bonds is 3. The molecular formula is C8H10BFO3S. The van der Waals surface area contributed by atoms with Crippen molar-refractivity contribution in [2.75, 3.05) is 13.4 Å². The molecule has 0 amide bonds. The number of thioether (sulfide) groups is 1. The fourth-order valence-corrected chi connectivity index (χ4v) is 1.58. The standard InChI is InChI=1S/C8H10BFO3S/c1-13-5-3-6(9(11)12)8(10)7(4-5)14-2/h3-4,11-12H,1-2H3. The predicted octanol–water partition coefficient (Wildman–Crippen LogP) is 0.236. The highest BCUT2D eigenvalue weighted by Crippen LogP contribution is 2.23. The van der Waals surface area contributed by atoms with E-state index in [1.807, 2.05) is 0 Å². The molecule has 6 heteroatoms. The van der Waals surface area contributed by atoms with Crippen LogP contribution in [0, 0.1) is 5.82 Å². The Morgan fingerprint density at radius 1 is 1.43 bits per heavy atom. The van der Waals surface area contributed by atoms with Crippen molar-refractivity contribution in [3.8, 4) is 5.75 Å². The predicted molar refractivity (Wildman–Crippen MR) is 54.6 cm³/mol. The minimum atomic E-state index is -1.82. The minimum Gasteiger partial charge on any atom is -0.497 e. The lowest BCUT2D eigenvalue weighted by atomic mass is 9.80. The van der Waals surface area contributed by atoms with Crippen molar-refractivity contribution in [3.05, 3.63) is 17.9 Å². The lowest BCUT2D eigenvalue weighted by Gasteiger charge is -2.08. The van der Waals surface area contributed by atoms with Gasteiger partial charge in [-0.2, -0.15) is 0 Å². The van der Waals surface area contributed by atoms with Crippen molar-refractivity contribution in [1.82, 2.24) is 0 Å². The van der Waals surface area contributed by atoms with E-state index in [0.29, 0.717) is 10.6 Å². The second-order valence-corrected chi connectivity index (χ2v) is 3.45. The number of methoxy groups -OCH3 is 1. The fourth-order valence-electron chi connectivity index (χ4n) is 1.05. The number of hydrogen-bond donors (Lipinski definition) is 2. The second-order valence-electron chi connectivity index (χ2n) is 2.61. The summed E-state index contributed by atoms with van der Waals surface area (Å²) in [6.07, 6.45) is 1.70. The number of ether oxygens (including phenoxy) is 1. The van der Waals surface area contributed by atoms with E-state index < -0.39 is 12.9 Å². The van der Waals surface area contributed by atoms with Gasteiger partial charge in [0.05, 0.1) is 7.11 Å². The van der Waals surface area contributed by atoms with Gasteiger partial charge in [0.1, 0.15) is 11.6 Å². The molecule has 0 radical (unpaired) electrons. The number of benzene rings is 1. The average molecular weight is 216 g/mol. The van der Waals surface area contributed by atoms with Crippen LogP contribution in [0.2, 0.25) is 0 Å². The summed E-state index contributed by atoms with van der Waals surface area (Å²) in [5, 5.41) is 17.8. The van der Waals surface area contributed by atoms with Gasteiger partial charge in [-0.1, -0.05) is 0 Å². The smallest absolute Gasteiger partial charge is 0.491 e. The van der Waals surface area contributed by atoms with E-state index >= 15 is 0 Å². The van der Waals surface area contributed by atoms with Crippen molar-refractivity contribution >= 4 is 24.3 Å². The molecule has 0 aromatic heterocycles. The number of halogens is 1. The molecule has 1 aromatic rings. The monoisotopic (exact) mass is 216 g/mol. The van der Waals surface area contributed by atoms with Crippen molar-refractivity contribution in [2.24, 2.45) is 0 Å². The molecule has 14 heavy (non-hydrogen) atoms. The van der Waals surface area contributed by atoms with Gasteiger partial charge in [0, 0.05) is 10.4 Å². The molecule has 0 saturated carbocycles. The van der Waals surface area contributed by atoms with Gasteiger partial charge in [0.25, 0.3) is 0 Å².